The van der Waals surface area contributed by atoms with Crippen molar-refractivity contribution in [2.24, 2.45) is 0 Å². The van der Waals surface area contributed by atoms with Crippen LogP contribution in [0.4, 0.5) is 0 Å². The molecule has 1 aromatic carbocycles. The summed E-state index contributed by atoms with van der Waals surface area (Å²) in [6.45, 7) is 2.84. The molecule has 0 aliphatic carbocycles. The third-order valence-corrected chi connectivity index (χ3v) is 4.37. The van der Waals surface area contributed by atoms with Crippen molar-refractivity contribution in [3.8, 4) is 11.5 Å². The second-order valence-corrected chi connectivity index (χ2v) is 5.94. The number of hydrogen-bond donors (Lipinski definition) is 1. The van der Waals surface area contributed by atoms with Crippen molar-refractivity contribution >= 4 is 12.4 Å². The molecule has 0 bridgehead atoms. The van der Waals surface area contributed by atoms with E-state index in [-0.39, 0.29) is 18.4 Å². The van der Waals surface area contributed by atoms with Crippen LogP contribution >= 0.6 is 12.4 Å². The highest BCUT2D eigenvalue weighted by Crippen LogP contribution is 2.28. The van der Waals surface area contributed by atoms with Crippen LogP contribution in [0.15, 0.2) is 22.7 Å². The first-order chi connectivity index (χ1) is 11.7. The van der Waals surface area contributed by atoms with Gasteiger partial charge in [-0.05, 0) is 31.2 Å². The lowest BCUT2D eigenvalue weighted by molar-refractivity contribution is 0.190. The molecule has 1 aliphatic heterocycles. The second-order valence-electron chi connectivity index (χ2n) is 5.94. The van der Waals surface area contributed by atoms with Gasteiger partial charge in [-0.15, -0.1) is 12.4 Å². The van der Waals surface area contributed by atoms with E-state index in [0.717, 1.165) is 48.9 Å². The summed E-state index contributed by atoms with van der Waals surface area (Å²) >= 11 is 0. The van der Waals surface area contributed by atoms with Crippen LogP contribution in [0.1, 0.15) is 23.3 Å². The Morgan fingerprint density at radius 3 is 2.76 bits per heavy atom. The third-order valence-electron chi connectivity index (χ3n) is 4.37. The molecule has 138 valence electrons. The fourth-order valence-electron chi connectivity index (χ4n) is 2.89. The fourth-order valence-corrected chi connectivity index (χ4v) is 2.89. The van der Waals surface area contributed by atoms with Crippen molar-refractivity contribution in [3.63, 3.8) is 0 Å². The van der Waals surface area contributed by atoms with Crippen LogP contribution in [0.5, 0.6) is 11.5 Å². The lowest BCUT2D eigenvalue weighted by Crippen LogP contribution is -2.44. The SMILES string of the molecule is COc1ccc(CCc2nc(C3CNCCN3C)no2)cc1OC.Cl. The zero-order chi connectivity index (χ0) is 16.9. The minimum Gasteiger partial charge on any atom is -0.493 e. The molecule has 3 rings (SSSR count). The Bertz CT molecular complexity index is 680. The predicted octanol–water partition coefficient (Wildman–Crippen LogP) is 1.87. The molecule has 0 amide bonds. The molecule has 1 aliphatic rings. The molecular formula is C17H25ClN4O3. The molecule has 1 fully saturated rings. The maximum atomic E-state index is 5.42. The quantitative estimate of drug-likeness (QED) is 0.834. The number of halogens is 1. The van der Waals surface area contributed by atoms with Gasteiger partial charge in [-0.25, -0.2) is 0 Å². The Kier molecular flexibility index (Phi) is 7.04. The fraction of sp³-hybridized carbons (Fsp3) is 0.529. The van der Waals surface area contributed by atoms with E-state index in [1.807, 2.05) is 18.2 Å². The lowest BCUT2D eigenvalue weighted by atomic mass is 10.1. The van der Waals surface area contributed by atoms with Gasteiger partial charge in [0.2, 0.25) is 5.89 Å². The zero-order valence-electron chi connectivity index (χ0n) is 14.8. The summed E-state index contributed by atoms with van der Waals surface area (Å²) in [7, 11) is 5.36. The Hall–Kier alpha value is -1.83. The number of aryl methyl sites for hydroxylation is 2. The second kappa shape index (κ2) is 9.03. The third kappa shape index (κ3) is 4.62. The number of hydrogen-bond acceptors (Lipinski definition) is 7. The summed E-state index contributed by atoms with van der Waals surface area (Å²) < 4.78 is 16.0. The van der Waals surface area contributed by atoms with E-state index in [9.17, 15) is 0 Å². The molecule has 0 saturated carbocycles. The van der Waals surface area contributed by atoms with Gasteiger partial charge in [0.05, 0.1) is 20.3 Å². The summed E-state index contributed by atoms with van der Waals surface area (Å²) in [4.78, 5) is 6.81. The predicted molar refractivity (Wildman–Crippen MR) is 96.7 cm³/mol. The Balaban J connectivity index is 0.00000225. The number of ether oxygens (including phenoxy) is 2. The highest BCUT2D eigenvalue weighted by molar-refractivity contribution is 5.85. The van der Waals surface area contributed by atoms with E-state index in [1.165, 1.54) is 0 Å². The van der Waals surface area contributed by atoms with Gasteiger partial charge in [0, 0.05) is 26.1 Å². The van der Waals surface area contributed by atoms with Gasteiger partial charge >= 0.3 is 0 Å². The molecule has 2 heterocycles. The molecule has 1 N–H and O–H groups in total. The number of likely N-dealkylation sites (N-methyl/N-ethyl adjacent to an activating group) is 1. The summed E-state index contributed by atoms with van der Waals surface area (Å²) in [6, 6.07) is 6.10. The maximum Gasteiger partial charge on any atom is 0.227 e. The van der Waals surface area contributed by atoms with Crippen LogP contribution in [-0.4, -0.2) is 55.9 Å². The van der Waals surface area contributed by atoms with Gasteiger partial charge < -0.3 is 19.3 Å². The number of piperazine rings is 1. The van der Waals surface area contributed by atoms with Crippen LogP contribution in [0.3, 0.4) is 0 Å². The normalized spacial score (nSPS) is 17.8. The topological polar surface area (TPSA) is 72.7 Å². The summed E-state index contributed by atoms with van der Waals surface area (Å²) in [5, 5.41) is 7.52. The van der Waals surface area contributed by atoms with E-state index in [0.29, 0.717) is 12.3 Å². The molecule has 2 aromatic rings. The highest BCUT2D eigenvalue weighted by Gasteiger charge is 2.25. The van der Waals surface area contributed by atoms with Gasteiger partial charge in [-0.1, -0.05) is 11.2 Å². The van der Waals surface area contributed by atoms with Crippen LogP contribution in [0.2, 0.25) is 0 Å². The van der Waals surface area contributed by atoms with Crippen LogP contribution < -0.4 is 14.8 Å². The highest BCUT2D eigenvalue weighted by atomic mass is 35.5. The van der Waals surface area contributed by atoms with E-state index in [1.54, 1.807) is 14.2 Å². The number of benzene rings is 1. The van der Waals surface area contributed by atoms with Crippen molar-refractivity contribution in [2.45, 2.75) is 18.9 Å². The first-order valence-corrected chi connectivity index (χ1v) is 8.15. The maximum absolute atomic E-state index is 5.42. The number of methoxy groups -OCH3 is 2. The first kappa shape index (κ1) is 19.5. The van der Waals surface area contributed by atoms with Crippen molar-refractivity contribution < 1.29 is 14.0 Å². The molecule has 25 heavy (non-hydrogen) atoms. The van der Waals surface area contributed by atoms with Crippen molar-refractivity contribution in [1.29, 1.82) is 0 Å². The van der Waals surface area contributed by atoms with Crippen LogP contribution in [0.25, 0.3) is 0 Å². The van der Waals surface area contributed by atoms with Gasteiger partial charge in [0.25, 0.3) is 0 Å². The largest absolute Gasteiger partial charge is 0.493 e. The van der Waals surface area contributed by atoms with E-state index < -0.39 is 0 Å². The molecule has 1 saturated heterocycles. The summed E-state index contributed by atoms with van der Waals surface area (Å²) in [6.07, 6.45) is 1.51. The molecule has 0 spiro atoms. The molecule has 1 atom stereocenters. The van der Waals surface area contributed by atoms with Crippen molar-refractivity contribution in [2.75, 3.05) is 40.9 Å². The number of nitrogens with zero attached hydrogens (tertiary/aromatic N) is 3. The van der Waals surface area contributed by atoms with Crippen molar-refractivity contribution in [1.82, 2.24) is 20.4 Å². The Morgan fingerprint density at radius 2 is 2.04 bits per heavy atom. The standard InChI is InChI=1S/C17H24N4O3.ClH/c1-21-9-8-18-11-13(21)17-19-16(24-20-17)7-5-12-4-6-14(22-2)15(10-12)23-3;/h4,6,10,13,18H,5,7-9,11H2,1-3H3;1H. The summed E-state index contributed by atoms with van der Waals surface area (Å²) in [5.74, 6) is 2.89. The summed E-state index contributed by atoms with van der Waals surface area (Å²) in [5.41, 5.74) is 1.14. The number of aromatic nitrogens is 2. The minimum atomic E-state index is 0. The molecule has 0 radical (unpaired) electrons. The molecule has 8 heteroatoms. The van der Waals surface area contributed by atoms with Crippen LogP contribution in [-0.2, 0) is 12.8 Å². The molecule has 7 nitrogen and oxygen atoms in total. The van der Waals surface area contributed by atoms with E-state index in [2.05, 4.69) is 27.4 Å². The monoisotopic (exact) mass is 368 g/mol. The number of rotatable bonds is 6. The minimum absolute atomic E-state index is 0. The Morgan fingerprint density at radius 1 is 1.24 bits per heavy atom. The van der Waals surface area contributed by atoms with E-state index >= 15 is 0 Å². The van der Waals surface area contributed by atoms with Gasteiger partial charge in [0.15, 0.2) is 17.3 Å². The van der Waals surface area contributed by atoms with Crippen LogP contribution in [0, 0.1) is 0 Å². The lowest BCUT2D eigenvalue weighted by Gasteiger charge is -2.30. The molecule has 1 aromatic heterocycles. The average molecular weight is 369 g/mol. The van der Waals surface area contributed by atoms with Gasteiger partial charge in [-0.2, -0.15) is 4.98 Å². The van der Waals surface area contributed by atoms with E-state index in [4.69, 9.17) is 14.0 Å². The Labute approximate surface area is 154 Å². The van der Waals surface area contributed by atoms with Gasteiger partial charge in [-0.3, -0.25) is 4.90 Å². The van der Waals surface area contributed by atoms with Gasteiger partial charge in [0.1, 0.15) is 0 Å². The molecular weight excluding hydrogens is 344 g/mol. The zero-order valence-corrected chi connectivity index (χ0v) is 15.6. The number of nitrogens with one attached hydrogen (secondary N) is 1. The molecule has 1 unspecified atom stereocenters. The van der Waals surface area contributed by atoms with Crippen molar-refractivity contribution in [3.05, 3.63) is 35.5 Å². The smallest absolute Gasteiger partial charge is 0.227 e. The average Bonchev–Trinajstić information content (AvgIpc) is 3.08. The first-order valence-electron chi connectivity index (χ1n) is 8.15.